The molecule has 7 nitrogen and oxygen atoms in total. The number of hydrogen-bond acceptors (Lipinski definition) is 5. The molecule has 0 spiro atoms. The van der Waals surface area contributed by atoms with Crippen molar-refractivity contribution in [2.24, 2.45) is 0 Å². The first kappa shape index (κ1) is 25.6. The van der Waals surface area contributed by atoms with Crippen LogP contribution in [0.3, 0.4) is 0 Å². The van der Waals surface area contributed by atoms with Crippen molar-refractivity contribution in [2.75, 3.05) is 6.54 Å². The average molecular weight is 496 g/mol. The molecule has 0 bridgehead atoms. The summed E-state index contributed by atoms with van der Waals surface area (Å²) < 4.78 is 5.68. The second kappa shape index (κ2) is 12.4. The van der Waals surface area contributed by atoms with Gasteiger partial charge in [-0.25, -0.2) is 4.98 Å². The van der Waals surface area contributed by atoms with Gasteiger partial charge >= 0.3 is 5.97 Å². The first-order valence-electron chi connectivity index (χ1n) is 12.2. The Balaban J connectivity index is 1.49. The van der Waals surface area contributed by atoms with Gasteiger partial charge in [0.25, 0.3) is 5.91 Å². The number of benzene rings is 2. The normalized spacial score (nSPS) is 12.8. The van der Waals surface area contributed by atoms with Gasteiger partial charge in [0.1, 0.15) is 6.26 Å². The maximum atomic E-state index is 12.8. The van der Waals surface area contributed by atoms with Gasteiger partial charge in [-0.3, -0.25) is 14.6 Å². The van der Waals surface area contributed by atoms with Crippen LogP contribution in [0.15, 0.2) is 102 Å². The van der Waals surface area contributed by atoms with Crippen molar-refractivity contribution in [1.29, 1.82) is 0 Å². The zero-order valence-corrected chi connectivity index (χ0v) is 20.4. The zero-order valence-electron chi connectivity index (χ0n) is 20.4. The molecule has 188 valence electrons. The molecule has 0 saturated carbocycles. The summed E-state index contributed by atoms with van der Waals surface area (Å²) >= 11 is 0. The number of amides is 1. The molecular weight excluding hydrogens is 466 g/mol. The largest absolute Gasteiger partial charge is 0.480 e. The number of unbranched alkanes of at least 4 members (excludes halogenated alkanes) is 1. The maximum absolute atomic E-state index is 12.8. The number of nitrogens with zero attached hydrogens (tertiary/aromatic N) is 2. The Kier molecular flexibility index (Phi) is 8.60. The van der Waals surface area contributed by atoms with Crippen LogP contribution in [0.5, 0.6) is 0 Å². The van der Waals surface area contributed by atoms with E-state index in [-0.39, 0.29) is 18.0 Å². The molecule has 0 saturated heterocycles. The first-order chi connectivity index (χ1) is 18.1. The van der Waals surface area contributed by atoms with Crippen LogP contribution in [0.4, 0.5) is 0 Å². The van der Waals surface area contributed by atoms with Gasteiger partial charge in [0.05, 0.1) is 0 Å². The molecule has 2 aromatic heterocycles. The van der Waals surface area contributed by atoms with E-state index in [2.05, 4.69) is 15.3 Å². The van der Waals surface area contributed by atoms with Gasteiger partial charge < -0.3 is 14.8 Å². The Morgan fingerprint density at radius 3 is 2.46 bits per heavy atom. The second-order valence-electron chi connectivity index (χ2n) is 8.69. The van der Waals surface area contributed by atoms with Gasteiger partial charge in [-0.2, -0.15) is 0 Å². The van der Waals surface area contributed by atoms with Crippen LogP contribution >= 0.6 is 0 Å². The number of nitrogens with one attached hydrogen (secondary N) is 1. The lowest BCUT2D eigenvalue weighted by atomic mass is 9.76. The summed E-state index contributed by atoms with van der Waals surface area (Å²) in [5.41, 5.74) is 1.17. The van der Waals surface area contributed by atoms with E-state index >= 15 is 0 Å². The van der Waals surface area contributed by atoms with E-state index in [1.54, 1.807) is 36.7 Å². The number of allylic oxidation sites excluding steroid dienone is 1. The fourth-order valence-electron chi connectivity index (χ4n) is 4.23. The number of carbonyl (C=O) groups is 2. The van der Waals surface area contributed by atoms with E-state index < -0.39 is 17.3 Å². The summed E-state index contributed by atoms with van der Waals surface area (Å²) in [6.07, 6.45) is 10.8. The lowest BCUT2D eigenvalue weighted by Crippen LogP contribution is -2.38. The minimum absolute atomic E-state index is 0.00403. The molecule has 37 heavy (non-hydrogen) atoms. The number of carboxylic acid groups (broad SMARTS) is 1. The van der Waals surface area contributed by atoms with Crippen LogP contribution in [-0.4, -0.2) is 33.5 Å². The third kappa shape index (κ3) is 6.38. The smallest absolute Gasteiger partial charge is 0.323 e. The van der Waals surface area contributed by atoms with Crippen molar-refractivity contribution in [2.45, 2.75) is 31.1 Å². The highest BCUT2D eigenvalue weighted by Crippen LogP contribution is 2.37. The van der Waals surface area contributed by atoms with Gasteiger partial charge in [-0.05, 0) is 48.4 Å². The van der Waals surface area contributed by atoms with Crippen LogP contribution in [0.25, 0.3) is 6.08 Å². The number of aliphatic carboxylic acids is 1. The molecule has 2 heterocycles. The fraction of sp³-hybridized carbons (Fsp3) is 0.200. The van der Waals surface area contributed by atoms with E-state index in [1.165, 1.54) is 6.26 Å². The SMILES string of the molecule is O=C(NCCc1ccccc1)c1coc(C(CCCC=Cc2cccnc2)(C(=O)O)c2ccccc2)n1. The van der Waals surface area contributed by atoms with Gasteiger partial charge in [0.15, 0.2) is 11.1 Å². The van der Waals surface area contributed by atoms with E-state index in [0.29, 0.717) is 31.4 Å². The highest BCUT2D eigenvalue weighted by Gasteiger charge is 2.46. The minimum Gasteiger partial charge on any atom is -0.480 e. The molecule has 0 aliphatic rings. The Morgan fingerprint density at radius 2 is 1.76 bits per heavy atom. The molecule has 0 radical (unpaired) electrons. The number of aromatic nitrogens is 2. The predicted molar refractivity (Wildman–Crippen MR) is 141 cm³/mol. The van der Waals surface area contributed by atoms with Crippen LogP contribution in [0, 0.1) is 0 Å². The molecule has 0 aliphatic heterocycles. The van der Waals surface area contributed by atoms with Gasteiger partial charge in [-0.1, -0.05) is 78.9 Å². The quantitative estimate of drug-likeness (QED) is 0.259. The van der Waals surface area contributed by atoms with Gasteiger partial charge in [0, 0.05) is 18.9 Å². The number of carboxylic acids is 1. The average Bonchev–Trinajstić information content (AvgIpc) is 3.43. The standard InChI is InChI=1S/C30H29N3O4/c34-27(32-20-17-23-11-4-1-5-12-23)26-22-37-28(33-26)30(29(35)36,25-15-7-2-8-16-25)18-9-3-6-13-24-14-10-19-31-21-24/h1-2,4-8,10-16,19,21-22H,3,9,17-18,20H2,(H,32,34)(H,35,36). The summed E-state index contributed by atoms with van der Waals surface area (Å²) in [6.45, 7) is 0.428. The van der Waals surface area contributed by atoms with Crippen molar-refractivity contribution in [3.63, 3.8) is 0 Å². The highest BCUT2D eigenvalue weighted by atomic mass is 16.4. The third-order valence-electron chi connectivity index (χ3n) is 6.19. The number of oxazole rings is 1. The Morgan fingerprint density at radius 1 is 1.00 bits per heavy atom. The predicted octanol–water partition coefficient (Wildman–Crippen LogP) is 5.30. The van der Waals surface area contributed by atoms with Gasteiger partial charge in [0.2, 0.25) is 5.89 Å². The summed E-state index contributed by atoms with van der Waals surface area (Å²) in [5.74, 6) is -1.49. The maximum Gasteiger partial charge on any atom is 0.323 e. The zero-order chi connectivity index (χ0) is 25.9. The number of rotatable bonds is 12. The van der Waals surface area contributed by atoms with Crippen molar-refractivity contribution in [3.05, 3.63) is 126 Å². The lowest BCUT2D eigenvalue weighted by Gasteiger charge is -2.26. The Labute approximate surface area is 215 Å². The van der Waals surface area contributed by atoms with Crippen molar-refractivity contribution in [1.82, 2.24) is 15.3 Å². The summed E-state index contributed by atoms with van der Waals surface area (Å²) in [6, 6.07) is 22.6. The fourth-order valence-corrected chi connectivity index (χ4v) is 4.23. The number of hydrogen-bond donors (Lipinski definition) is 2. The molecule has 0 aliphatic carbocycles. The minimum atomic E-state index is -1.52. The van der Waals surface area contributed by atoms with E-state index in [1.807, 2.05) is 60.7 Å². The van der Waals surface area contributed by atoms with Crippen LogP contribution in [0.2, 0.25) is 0 Å². The monoisotopic (exact) mass is 495 g/mol. The van der Waals surface area contributed by atoms with E-state index in [4.69, 9.17) is 4.42 Å². The van der Waals surface area contributed by atoms with Gasteiger partial charge in [-0.15, -0.1) is 0 Å². The molecule has 2 N–H and O–H groups in total. The molecule has 1 atom stereocenters. The molecule has 1 amide bonds. The third-order valence-corrected chi connectivity index (χ3v) is 6.19. The van der Waals surface area contributed by atoms with Crippen LogP contribution in [0.1, 0.15) is 52.3 Å². The second-order valence-corrected chi connectivity index (χ2v) is 8.69. The molecule has 4 rings (SSSR count). The van der Waals surface area contributed by atoms with E-state index in [9.17, 15) is 14.7 Å². The summed E-state index contributed by atoms with van der Waals surface area (Å²) in [5, 5.41) is 13.3. The molecule has 1 unspecified atom stereocenters. The number of pyridine rings is 1. The summed E-state index contributed by atoms with van der Waals surface area (Å²) in [7, 11) is 0. The number of carbonyl (C=O) groups excluding carboxylic acids is 1. The molecular formula is C30H29N3O4. The van der Waals surface area contributed by atoms with E-state index in [0.717, 1.165) is 11.1 Å². The Bertz CT molecular complexity index is 1320. The molecule has 4 aromatic rings. The van der Waals surface area contributed by atoms with Crippen molar-refractivity contribution >= 4 is 18.0 Å². The van der Waals surface area contributed by atoms with Crippen molar-refractivity contribution in [3.8, 4) is 0 Å². The summed E-state index contributed by atoms with van der Waals surface area (Å²) in [4.78, 5) is 34.0. The lowest BCUT2D eigenvalue weighted by molar-refractivity contribution is -0.143. The first-order valence-corrected chi connectivity index (χ1v) is 12.2. The topological polar surface area (TPSA) is 105 Å². The van der Waals surface area contributed by atoms with Crippen molar-refractivity contribution < 1.29 is 19.1 Å². The highest BCUT2D eigenvalue weighted by molar-refractivity contribution is 5.92. The molecule has 7 heteroatoms. The van der Waals surface area contributed by atoms with Crippen LogP contribution in [-0.2, 0) is 16.6 Å². The van der Waals surface area contributed by atoms with Crippen LogP contribution < -0.4 is 5.32 Å². The Hall–Kier alpha value is -4.52. The molecule has 0 fully saturated rings. The molecule has 2 aromatic carbocycles.